The number of rotatable bonds is 5. The van der Waals surface area contributed by atoms with Crippen LogP contribution in [-0.4, -0.2) is 38.1 Å². The van der Waals surface area contributed by atoms with E-state index >= 15 is 0 Å². The molecule has 5 heteroatoms. The maximum atomic E-state index is 10.5. The van der Waals surface area contributed by atoms with Gasteiger partial charge in [0.05, 0.1) is 6.61 Å². The molecule has 0 radical (unpaired) electrons. The van der Waals surface area contributed by atoms with Gasteiger partial charge in [-0.1, -0.05) is 6.58 Å². The molecule has 0 unspecified atom stereocenters. The van der Waals surface area contributed by atoms with E-state index in [-0.39, 0.29) is 24.5 Å². The Bertz CT molecular complexity index is 140. The number of nitrogens with zero attached hydrogens (tertiary/aromatic N) is 1. The maximum Gasteiger partial charge on any atom is 0.330 e. The van der Waals surface area contributed by atoms with Crippen LogP contribution < -0.4 is 18.6 Å². The summed E-state index contributed by atoms with van der Waals surface area (Å²) in [5.41, 5.74) is 0. The van der Waals surface area contributed by atoms with Crippen molar-refractivity contribution in [1.82, 2.24) is 11.1 Å². The van der Waals surface area contributed by atoms with E-state index in [1.807, 2.05) is 19.0 Å². The van der Waals surface area contributed by atoms with Crippen LogP contribution >= 0.6 is 0 Å². The molecule has 0 heterocycles. The Morgan fingerprint density at radius 3 is 2.46 bits per heavy atom. The average molecular weight is 211 g/mol. The van der Waals surface area contributed by atoms with Crippen molar-refractivity contribution < 1.29 is 21.9 Å². The van der Waals surface area contributed by atoms with Crippen molar-refractivity contribution >= 4 is 5.97 Å². The molecule has 0 aromatic rings. The standard InChI is InChI=1S/C8H15NO2.ClH.H3N/c1-4-8(10)11-7-5-6-9(2)3;;/h4H,1,5-7H2,2-3H3;1H;1H3. The van der Waals surface area contributed by atoms with Crippen molar-refractivity contribution in [3.8, 4) is 0 Å². The lowest BCUT2D eigenvalue weighted by molar-refractivity contribution is -0.137. The summed E-state index contributed by atoms with van der Waals surface area (Å²) in [6, 6.07) is 0. The van der Waals surface area contributed by atoms with Crippen molar-refractivity contribution in [2.45, 2.75) is 6.42 Å². The molecule has 0 saturated heterocycles. The summed E-state index contributed by atoms with van der Waals surface area (Å²) in [5, 5.41) is 0. The largest absolute Gasteiger partial charge is 1.00 e. The summed E-state index contributed by atoms with van der Waals surface area (Å²) in [6.45, 7) is 4.70. The zero-order chi connectivity index (χ0) is 8.69. The Morgan fingerprint density at radius 2 is 2.08 bits per heavy atom. The average Bonchev–Trinajstić information content (AvgIpc) is 1.97. The third-order valence-corrected chi connectivity index (χ3v) is 1.16. The highest BCUT2D eigenvalue weighted by molar-refractivity contribution is 5.81. The second-order valence-corrected chi connectivity index (χ2v) is 2.53. The molecular weight excluding hydrogens is 192 g/mol. The van der Waals surface area contributed by atoms with Gasteiger partial charge in [-0.2, -0.15) is 0 Å². The number of esters is 1. The van der Waals surface area contributed by atoms with Gasteiger partial charge in [-0.15, -0.1) is 0 Å². The first-order chi connectivity index (χ1) is 5.16. The van der Waals surface area contributed by atoms with Crippen LogP contribution in [0.5, 0.6) is 0 Å². The summed E-state index contributed by atoms with van der Waals surface area (Å²) >= 11 is 0. The van der Waals surface area contributed by atoms with Crippen LogP contribution in [0.1, 0.15) is 6.42 Å². The molecule has 0 amide bonds. The first-order valence-electron chi connectivity index (χ1n) is 3.60. The number of carbonyl (C=O) groups excluding carboxylic acids is 1. The molecule has 4 N–H and O–H groups in total. The Balaban J connectivity index is -0.000000500. The lowest BCUT2D eigenvalue weighted by Gasteiger charge is -2.08. The molecule has 0 aliphatic rings. The van der Waals surface area contributed by atoms with Crippen molar-refractivity contribution in [3.63, 3.8) is 0 Å². The van der Waals surface area contributed by atoms with Crippen LogP contribution in [0.25, 0.3) is 0 Å². The summed E-state index contributed by atoms with van der Waals surface area (Å²) in [5.74, 6) is -0.344. The van der Waals surface area contributed by atoms with E-state index in [1.165, 1.54) is 6.08 Å². The topological polar surface area (TPSA) is 66.0 Å². The normalized spacial score (nSPS) is 8.23. The molecular formula is C8H19ClN2O2. The number of carbonyl (C=O) groups is 1. The quantitative estimate of drug-likeness (QED) is 0.326. The van der Waals surface area contributed by atoms with Gasteiger partial charge in [-0.3, -0.25) is 0 Å². The van der Waals surface area contributed by atoms with Gasteiger partial charge in [0.25, 0.3) is 0 Å². The van der Waals surface area contributed by atoms with Crippen LogP contribution in [0, 0.1) is 0 Å². The van der Waals surface area contributed by atoms with Gasteiger partial charge in [0.1, 0.15) is 0 Å². The minimum Gasteiger partial charge on any atom is -1.00 e. The molecule has 0 spiro atoms. The highest BCUT2D eigenvalue weighted by Crippen LogP contribution is 1.86. The Kier molecular flexibility index (Phi) is 16.0. The lowest BCUT2D eigenvalue weighted by Crippen LogP contribution is -3.00. The summed E-state index contributed by atoms with van der Waals surface area (Å²) in [4.78, 5) is 12.5. The van der Waals surface area contributed by atoms with E-state index < -0.39 is 0 Å². The number of quaternary nitrogens is 1. The molecule has 13 heavy (non-hydrogen) atoms. The molecule has 0 aromatic heterocycles. The molecule has 0 aliphatic carbocycles. The molecule has 4 nitrogen and oxygen atoms in total. The van der Waals surface area contributed by atoms with E-state index in [0.29, 0.717) is 6.61 Å². The fraction of sp³-hybridized carbons (Fsp3) is 0.625. The van der Waals surface area contributed by atoms with E-state index in [2.05, 4.69) is 6.58 Å². The molecule has 0 saturated carbocycles. The molecule has 80 valence electrons. The van der Waals surface area contributed by atoms with Crippen molar-refractivity contribution in [1.29, 1.82) is 0 Å². The van der Waals surface area contributed by atoms with E-state index in [4.69, 9.17) is 4.74 Å². The number of halogens is 1. The van der Waals surface area contributed by atoms with Crippen LogP contribution in [-0.2, 0) is 9.53 Å². The Hall–Kier alpha value is -0.580. The number of ether oxygens (including phenoxy) is 1. The van der Waals surface area contributed by atoms with E-state index in [9.17, 15) is 4.79 Å². The first kappa shape index (κ1) is 18.3. The van der Waals surface area contributed by atoms with Gasteiger partial charge < -0.3 is 28.2 Å². The van der Waals surface area contributed by atoms with Gasteiger partial charge in [0.2, 0.25) is 0 Å². The highest BCUT2D eigenvalue weighted by atomic mass is 35.5. The molecule has 0 aromatic carbocycles. The summed E-state index contributed by atoms with van der Waals surface area (Å²) in [6.07, 6.45) is 2.04. The fourth-order valence-corrected chi connectivity index (χ4v) is 0.612. The fourth-order valence-electron chi connectivity index (χ4n) is 0.612. The predicted molar refractivity (Wildman–Crippen MR) is 50.3 cm³/mol. The summed E-state index contributed by atoms with van der Waals surface area (Å²) in [7, 11) is 3.96. The number of hydrogen-bond donors (Lipinski definition) is 1. The second kappa shape index (κ2) is 11.4. The highest BCUT2D eigenvalue weighted by Gasteiger charge is 1.94. The minimum atomic E-state index is -0.344. The molecule has 0 bridgehead atoms. The molecule has 0 fully saturated rings. The molecule has 0 aliphatic heterocycles. The second-order valence-electron chi connectivity index (χ2n) is 2.53. The van der Waals surface area contributed by atoms with Crippen LogP contribution in [0.4, 0.5) is 0 Å². The predicted octanol–water partition coefficient (Wildman–Crippen LogP) is -1.95. The van der Waals surface area contributed by atoms with Gasteiger partial charge in [-0.25, -0.2) is 4.79 Å². The first-order valence-corrected chi connectivity index (χ1v) is 3.60. The lowest BCUT2D eigenvalue weighted by atomic mass is 10.4. The van der Waals surface area contributed by atoms with Crippen LogP contribution in [0.15, 0.2) is 12.7 Å². The monoisotopic (exact) mass is 210 g/mol. The zero-order valence-electron chi connectivity index (χ0n) is 8.55. The third kappa shape index (κ3) is 14.3. The van der Waals surface area contributed by atoms with Crippen LogP contribution in [0.3, 0.4) is 0 Å². The molecule has 0 rings (SSSR count). The van der Waals surface area contributed by atoms with E-state index in [1.54, 1.807) is 0 Å². The van der Waals surface area contributed by atoms with Crippen LogP contribution in [0.2, 0.25) is 0 Å². The van der Waals surface area contributed by atoms with Gasteiger partial charge in [0, 0.05) is 12.6 Å². The van der Waals surface area contributed by atoms with Gasteiger partial charge in [0.15, 0.2) is 0 Å². The number of hydrogen-bond acceptors (Lipinski definition) is 3. The zero-order valence-corrected chi connectivity index (χ0v) is 9.30. The Morgan fingerprint density at radius 1 is 1.54 bits per heavy atom. The van der Waals surface area contributed by atoms with Gasteiger partial charge >= 0.3 is 5.97 Å². The van der Waals surface area contributed by atoms with Crippen molar-refractivity contribution in [2.75, 3.05) is 27.2 Å². The molecule has 0 atom stereocenters. The van der Waals surface area contributed by atoms with Crippen molar-refractivity contribution in [3.05, 3.63) is 12.7 Å². The summed E-state index contributed by atoms with van der Waals surface area (Å²) < 4.78 is 4.76. The minimum absolute atomic E-state index is 0. The maximum absolute atomic E-state index is 10.5. The third-order valence-electron chi connectivity index (χ3n) is 1.16. The van der Waals surface area contributed by atoms with Gasteiger partial charge in [-0.05, 0) is 20.5 Å². The van der Waals surface area contributed by atoms with E-state index in [0.717, 1.165) is 13.0 Å². The van der Waals surface area contributed by atoms with Crippen molar-refractivity contribution in [2.24, 2.45) is 0 Å². The smallest absolute Gasteiger partial charge is 0.330 e. The Labute approximate surface area is 85.9 Å². The SMILES string of the molecule is C=CC(=O)OCCCN(C)C.[Cl-].[NH4+].